The first-order valence-corrected chi connectivity index (χ1v) is 10.6. The molecule has 0 atom stereocenters. The summed E-state index contributed by atoms with van der Waals surface area (Å²) >= 11 is 0. The number of anilines is 1. The van der Waals surface area contributed by atoms with Crippen LogP contribution in [0.25, 0.3) is 0 Å². The van der Waals surface area contributed by atoms with Gasteiger partial charge >= 0.3 is 0 Å². The van der Waals surface area contributed by atoms with Gasteiger partial charge in [-0.15, -0.1) is 0 Å². The molecule has 1 aromatic rings. The summed E-state index contributed by atoms with van der Waals surface area (Å²) in [6.45, 7) is 4.20. The second-order valence-electron chi connectivity index (χ2n) is 6.87. The highest BCUT2D eigenvalue weighted by Crippen LogP contribution is 2.22. The van der Waals surface area contributed by atoms with Crippen LogP contribution in [0.5, 0.6) is 0 Å². The fraction of sp³-hybridized carbons (Fsp3) is 0.611. The zero-order chi connectivity index (χ0) is 18.4. The Balaban J connectivity index is 1.87. The molecule has 0 aromatic heterocycles. The minimum Gasteiger partial charge on any atom is -0.353 e. The molecule has 1 N–H and O–H groups in total. The molecule has 1 aromatic carbocycles. The number of benzene rings is 1. The van der Waals surface area contributed by atoms with Gasteiger partial charge in [-0.3, -0.25) is 9.10 Å². The molecular formula is C18H29N3O3S. The van der Waals surface area contributed by atoms with Crippen molar-refractivity contribution in [2.75, 3.05) is 37.2 Å². The van der Waals surface area contributed by atoms with Gasteiger partial charge in [0, 0.05) is 19.0 Å². The summed E-state index contributed by atoms with van der Waals surface area (Å²) in [5.41, 5.74) is 1.59. The Bertz CT molecular complexity index is 683. The molecule has 1 saturated heterocycles. The van der Waals surface area contributed by atoms with Gasteiger partial charge in [-0.1, -0.05) is 18.2 Å². The van der Waals surface area contributed by atoms with Crippen LogP contribution >= 0.6 is 0 Å². The molecule has 0 bridgehead atoms. The first-order valence-electron chi connectivity index (χ1n) is 8.78. The van der Waals surface area contributed by atoms with Gasteiger partial charge in [-0.25, -0.2) is 8.42 Å². The predicted molar refractivity (Wildman–Crippen MR) is 101 cm³/mol. The van der Waals surface area contributed by atoms with E-state index in [9.17, 15) is 13.2 Å². The Morgan fingerprint density at radius 2 is 1.92 bits per heavy atom. The van der Waals surface area contributed by atoms with Crippen molar-refractivity contribution in [2.45, 2.75) is 38.6 Å². The third kappa shape index (κ3) is 6.01. The fourth-order valence-electron chi connectivity index (χ4n) is 3.14. The molecule has 1 heterocycles. The van der Waals surface area contributed by atoms with E-state index in [1.165, 1.54) is 10.6 Å². The lowest BCUT2D eigenvalue weighted by atomic mass is 10.1. The second kappa shape index (κ2) is 8.67. The summed E-state index contributed by atoms with van der Waals surface area (Å²) in [7, 11) is -1.29. The maximum absolute atomic E-state index is 12.1. The SMILES string of the molecule is Cc1ccccc1N(CCCC(=O)NC1CCN(C)CC1)S(C)(=O)=O. The number of hydrogen-bond acceptors (Lipinski definition) is 4. The van der Waals surface area contributed by atoms with Gasteiger partial charge in [0.1, 0.15) is 0 Å². The highest BCUT2D eigenvalue weighted by molar-refractivity contribution is 7.92. The topological polar surface area (TPSA) is 69.7 Å². The number of hydrogen-bond donors (Lipinski definition) is 1. The smallest absolute Gasteiger partial charge is 0.232 e. The number of nitrogens with zero attached hydrogens (tertiary/aromatic N) is 2. The van der Waals surface area contributed by atoms with E-state index in [4.69, 9.17) is 0 Å². The third-order valence-electron chi connectivity index (χ3n) is 4.63. The van der Waals surface area contributed by atoms with Crippen molar-refractivity contribution in [1.82, 2.24) is 10.2 Å². The quantitative estimate of drug-likeness (QED) is 0.797. The van der Waals surface area contributed by atoms with E-state index >= 15 is 0 Å². The van der Waals surface area contributed by atoms with Gasteiger partial charge in [-0.2, -0.15) is 0 Å². The van der Waals surface area contributed by atoms with Crippen molar-refractivity contribution in [3.05, 3.63) is 29.8 Å². The normalized spacial score (nSPS) is 16.6. The molecule has 6 nitrogen and oxygen atoms in total. The van der Waals surface area contributed by atoms with Crippen molar-refractivity contribution in [2.24, 2.45) is 0 Å². The maximum Gasteiger partial charge on any atom is 0.232 e. The molecule has 0 spiro atoms. The standard InChI is InChI=1S/C18H29N3O3S/c1-15-7-4-5-8-17(15)21(25(3,23)24)12-6-9-18(22)19-16-10-13-20(2)14-11-16/h4-5,7-8,16H,6,9-14H2,1-3H3,(H,19,22). The Kier molecular flexibility index (Phi) is 6.84. The van der Waals surface area contributed by atoms with Crippen molar-refractivity contribution in [3.8, 4) is 0 Å². The lowest BCUT2D eigenvalue weighted by molar-refractivity contribution is -0.122. The molecule has 0 saturated carbocycles. The predicted octanol–water partition coefficient (Wildman–Crippen LogP) is 1.75. The van der Waals surface area contributed by atoms with Crippen LogP contribution in [0.2, 0.25) is 0 Å². The first kappa shape index (κ1) is 19.7. The number of likely N-dealkylation sites (tertiary alicyclic amines) is 1. The van der Waals surface area contributed by atoms with E-state index in [0.29, 0.717) is 25.1 Å². The van der Waals surface area contributed by atoms with Gasteiger partial charge < -0.3 is 10.2 Å². The van der Waals surface area contributed by atoms with Gasteiger partial charge in [0.05, 0.1) is 11.9 Å². The van der Waals surface area contributed by atoms with Crippen LogP contribution in [0.3, 0.4) is 0 Å². The number of para-hydroxylation sites is 1. The van der Waals surface area contributed by atoms with Crippen LogP contribution in [0.4, 0.5) is 5.69 Å². The van der Waals surface area contributed by atoms with Crippen LogP contribution in [0, 0.1) is 6.92 Å². The first-order chi connectivity index (χ1) is 11.8. The van der Waals surface area contributed by atoms with E-state index in [-0.39, 0.29) is 11.9 Å². The zero-order valence-corrected chi connectivity index (χ0v) is 16.2. The minimum atomic E-state index is -3.38. The Labute approximate surface area is 151 Å². The Morgan fingerprint density at radius 3 is 2.52 bits per heavy atom. The van der Waals surface area contributed by atoms with Crippen molar-refractivity contribution in [1.29, 1.82) is 0 Å². The third-order valence-corrected chi connectivity index (χ3v) is 5.81. The summed E-state index contributed by atoms with van der Waals surface area (Å²) in [5, 5.41) is 3.07. The van der Waals surface area contributed by atoms with Gasteiger partial charge in [0.15, 0.2) is 0 Å². The molecule has 25 heavy (non-hydrogen) atoms. The molecule has 0 unspecified atom stereocenters. The largest absolute Gasteiger partial charge is 0.353 e. The molecular weight excluding hydrogens is 338 g/mol. The number of rotatable bonds is 7. The van der Waals surface area contributed by atoms with Crippen molar-refractivity contribution >= 4 is 21.6 Å². The molecule has 2 rings (SSSR count). The number of aryl methyl sites for hydroxylation is 1. The summed E-state index contributed by atoms with van der Waals surface area (Å²) < 4.78 is 25.7. The average Bonchev–Trinajstić information content (AvgIpc) is 2.54. The van der Waals surface area contributed by atoms with Crippen LogP contribution < -0.4 is 9.62 Å². The van der Waals surface area contributed by atoms with E-state index in [0.717, 1.165) is 31.5 Å². The molecule has 1 fully saturated rings. The lowest BCUT2D eigenvalue weighted by Gasteiger charge is -2.29. The monoisotopic (exact) mass is 367 g/mol. The summed E-state index contributed by atoms with van der Waals surface area (Å²) in [6, 6.07) is 7.64. The number of carbonyl (C=O) groups excluding carboxylic acids is 1. The second-order valence-corrected chi connectivity index (χ2v) is 8.78. The molecule has 0 aliphatic carbocycles. The van der Waals surface area contributed by atoms with E-state index in [2.05, 4.69) is 17.3 Å². The molecule has 1 aliphatic heterocycles. The number of sulfonamides is 1. The van der Waals surface area contributed by atoms with E-state index in [1.54, 1.807) is 6.07 Å². The highest BCUT2D eigenvalue weighted by Gasteiger charge is 2.21. The maximum atomic E-state index is 12.1. The van der Waals surface area contributed by atoms with Gasteiger partial charge in [0.25, 0.3) is 0 Å². The highest BCUT2D eigenvalue weighted by atomic mass is 32.2. The lowest BCUT2D eigenvalue weighted by Crippen LogP contribution is -2.43. The van der Waals surface area contributed by atoms with Crippen molar-refractivity contribution < 1.29 is 13.2 Å². The van der Waals surface area contributed by atoms with Crippen LogP contribution in [-0.4, -0.2) is 58.2 Å². The fourth-order valence-corrected chi connectivity index (χ4v) is 4.17. The molecule has 7 heteroatoms. The molecule has 140 valence electrons. The average molecular weight is 368 g/mol. The Hall–Kier alpha value is -1.60. The molecule has 1 aliphatic rings. The van der Waals surface area contributed by atoms with Gasteiger partial charge in [0.2, 0.25) is 15.9 Å². The van der Waals surface area contributed by atoms with Crippen molar-refractivity contribution in [3.63, 3.8) is 0 Å². The number of amides is 1. The van der Waals surface area contributed by atoms with E-state index < -0.39 is 10.0 Å². The summed E-state index contributed by atoms with van der Waals surface area (Å²) in [6.07, 6.45) is 3.99. The number of nitrogens with one attached hydrogen (secondary N) is 1. The van der Waals surface area contributed by atoms with Crippen LogP contribution in [0.15, 0.2) is 24.3 Å². The molecule has 1 amide bonds. The number of piperidine rings is 1. The van der Waals surface area contributed by atoms with Crippen LogP contribution in [0.1, 0.15) is 31.2 Å². The summed E-state index contributed by atoms with van der Waals surface area (Å²) in [5.74, 6) is 0.00721. The minimum absolute atomic E-state index is 0.00721. The summed E-state index contributed by atoms with van der Waals surface area (Å²) in [4.78, 5) is 14.4. The Morgan fingerprint density at radius 1 is 1.28 bits per heavy atom. The molecule has 0 radical (unpaired) electrons. The number of carbonyl (C=O) groups is 1. The van der Waals surface area contributed by atoms with Gasteiger partial charge in [-0.05, 0) is 58.0 Å². The van der Waals surface area contributed by atoms with E-state index in [1.807, 2.05) is 25.1 Å². The van der Waals surface area contributed by atoms with Crippen LogP contribution in [-0.2, 0) is 14.8 Å². The zero-order valence-electron chi connectivity index (χ0n) is 15.4.